The van der Waals surface area contributed by atoms with Gasteiger partial charge >= 0.3 is 5.76 Å². The minimum absolute atomic E-state index is 0.0434. The molecule has 0 radical (unpaired) electrons. The van der Waals surface area contributed by atoms with Crippen molar-refractivity contribution in [1.82, 2.24) is 24.9 Å². The molecular weight excluding hydrogens is 320 g/mol. The smallest absolute Gasteiger partial charge is 0.296 e. The Hall–Kier alpha value is -3.36. The normalized spacial score (nSPS) is 11.2. The Morgan fingerprint density at radius 3 is 2.88 bits per heavy atom. The van der Waals surface area contributed by atoms with Gasteiger partial charge in [0.05, 0.1) is 11.9 Å². The second-order valence-electron chi connectivity index (χ2n) is 5.06. The first-order chi connectivity index (χ1) is 11.6. The van der Waals surface area contributed by atoms with Crippen molar-refractivity contribution in [1.29, 1.82) is 0 Å². The molecule has 0 aliphatic rings. The van der Waals surface area contributed by atoms with Crippen LogP contribution in [0.15, 0.2) is 45.8 Å². The lowest BCUT2D eigenvalue weighted by Crippen LogP contribution is -2.05. The van der Waals surface area contributed by atoms with E-state index in [1.807, 2.05) is 0 Å². The fourth-order valence-electron chi connectivity index (χ4n) is 2.44. The number of fused-ring (bicyclic) bond motifs is 1. The van der Waals surface area contributed by atoms with Crippen LogP contribution in [-0.2, 0) is 6.54 Å². The average Bonchev–Trinajstić information content (AvgIpc) is 3.14. The van der Waals surface area contributed by atoms with E-state index in [9.17, 15) is 13.6 Å². The van der Waals surface area contributed by atoms with Crippen LogP contribution in [0.1, 0.15) is 5.56 Å². The van der Waals surface area contributed by atoms with Gasteiger partial charge in [0.1, 0.15) is 17.3 Å². The Labute approximate surface area is 132 Å². The van der Waals surface area contributed by atoms with Gasteiger partial charge in [-0.15, -0.1) is 0 Å². The lowest BCUT2D eigenvalue weighted by Gasteiger charge is -2.04. The maximum atomic E-state index is 13.9. The van der Waals surface area contributed by atoms with E-state index in [1.165, 1.54) is 16.8 Å². The number of hydrogen-bond donors (Lipinski definition) is 1. The summed E-state index contributed by atoms with van der Waals surface area (Å²) in [7, 11) is 0. The minimum Gasteiger partial charge on any atom is -0.296 e. The summed E-state index contributed by atoms with van der Waals surface area (Å²) in [5, 5.41) is 8.56. The standard InChI is InChI=1S/C15H9F2N5O2/c16-9-4-3-8(11(17)6-9)7-22-14-10(2-1-5-18-14)12(20-22)13-19-15(23)24-21-13/h1-6H,7H2,(H,19,21,23). The highest BCUT2D eigenvalue weighted by molar-refractivity contribution is 5.88. The molecule has 1 N–H and O–H groups in total. The third kappa shape index (κ3) is 2.35. The van der Waals surface area contributed by atoms with Crippen molar-refractivity contribution >= 4 is 11.0 Å². The van der Waals surface area contributed by atoms with Crippen molar-refractivity contribution < 1.29 is 13.3 Å². The van der Waals surface area contributed by atoms with Gasteiger partial charge in [-0.1, -0.05) is 11.2 Å². The van der Waals surface area contributed by atoms with Crippen molar-refractivity contribution in [2.75, 3.05) is 0 Å². The molecule has 24 heavy (non-hydrogen) atoms. The molecule has 0 unspecified atom stereocenters. The molecule has 0 atom stereocenters. The number of pyridine rings is 1. The third-order valence-corrected chi connectivity index (χ3v) is 3.51. The molecule has 3 aromatic heterocycles. The number of halogens is 2. The number of H-pyrrole nitrogens is 1. The Bertz CT molecular complexity index is 1100. The Morgan fingerprint density at radius 2 is 2.12 bits per heavy atom. The summed E-state index contributed by atoms with van der Waals surface area (Å²) in [6, 6.07) is 6.78. The van der Waals surface area contributed by atoms with E-state index in [0.717, 1.165) is 6.07 Å². The monoisotopic (exact) mass is 329 g/mol. The average molecular weight is 329 g/mol. The van der Waals surface area contributed by atoms with E-state index >= 15 is 0 Å². The lowest BCUT2D eigenvalue weighted by atomic mass is 10.2. The maximum absolute atomic E-state index is 13.9. The zero-order valence-corrected chi connectivity index (χ0v) is 12.0. The summed E-state index contributed by atoms with van der Waals surface area (Å²) in [6.07, 6.45) is 1.57. The van der Waals surface area contributed by atoms with Gasteiger partial charge in [-0.2, -0.15) is 5.10 Å². The van der Waals surface area contributed by atoms with E-state index in [4.69, 9.17) is 0 Å². The third-order valence-electron chi connectivity index (χ3n) is 3.51. The topological polar surface area (TPSA) is 89.6 Å². The summed E-state index contributed by atoms with van der Waals surface area (Å²) in [4.78, 5) is 17.8. The van der Waals surface area contributed by atoms with Crippen molar-refractivity contribution in [2.24, 2.45) is 0 Å². The zero-order chi connectivity index (χ0) is 16.7. The molecule has 0 fully saturated rings. The predicted octanol–water partition coefficient (Wildman–Crippen LogP) is 2.10. The Morgan fingerprint density at radius 1 is 1.25 bits per heavy atom. The predicted molar refractivity (Wildman–Crippen MR) is 79.1 cm³/mol. The van der Waals surface area contributed by atoms with Crippen molar-refractivity contribution in [2.45, 2.75) is 6.54 Å². The molecule has 1 aromatic carbocycles. The van der Waals surface area contributed by atoms with Gasteiger partial charge in [0.2, 0.25) is 5.82 Å². The molecule has 120 valence electrons. The van der Waals surface area contributed by atoms with Crippen LogP contribution in [0.25, 0.3) is 22.6 Å². The molecule has 9 heteroatoms. The van der Waals surface area contributed by atoms with Gasteiger partial charge in [0, 0.05) is 17.8 Å². The van der Waals surface area contributed by atoms with E-state index < -0.39 is 17.4 Å². The second-order valence-corrected chi connectivity index (χ2v) is 5.06. The molecule has 4 aromatic rings. The molecule has 3 heterocycles. The largest absolute Gasteiger partial charge is 0.439 e. The quantitative estimate of drug-likeness (QED) is 0.622. The molecule has 0 bridgehead atoms. The van der Waals surface area contributed by atoms with Crippen LogP contribution < -0.4 is 5.76 Å². The minimum atomic E-state index is -0.707. The van der Waals surface area contributed by atoms with Crippen LogP contribution >= 0.6 is 0 Å². The van der Waals surface area contributed by atoms with Gasteiger partial charge in [-0.3, -0.25) is 9.51 Å². The fraction of sp³-hybridized carbons (Fsp3) is 0.0667. The molecule has 0 amide bonds. The number of rotatable bonds is 3. The molecule has 0 saturated carbocycles. The number of aromatic nitrogens is 5. The number of nitrogens with zero attached hydrogens (tertiary/aromatic N) is 4. The first-order valence-corrected chi connectivity index (χ1v) is 6.93. The molecule has 7 nitrogen and oxygen atoms in total. The second kappa shape index (κ2) is 5.37. The Kier molecular flexibility index (Phi) is 3.19. The van der Waals surface area contributed by atoms with Crippen molar-refractivity contribution in [3.63, 3.8) is 0 Å². The van der Waals surface area contributed by atoms with Crippen LogP contribution in [-0.4, -0.2) is 24.9 Å². The molecule has 0 aliphatic carbocycles. The van der Waals surface area contributed by atoms with Gasteiger partial charge in [-0.25, -0.2) is 23.2 Å². The lowest BCUT2D eigenvalue weighted by molar-refractivity contribution is 0.387. The van der Waals surface area contributed by atoms with E-state index in [2.05, 4.69) is 24.7 Å². The van der Waals surface area contributed by atoms with Gasteiger partial charge in [0.25, 0.3) is 0 Å². The van der Waals surface area contributed by atoms with Crippen LogP contribution in [0, 0.1) is 11.6 Å². The summed E-state index contributed by atoms with van der Waals surface area (Å²) in [6.45, 7) is 0.0434. The highest BCUT2D eigenvalue weighted by Crippen LogP contribution is 2.24. The summed E-state index contributed by atoms with van der Waals surface area (Å²) in [5.41, 5.74) is 1.08. The number of aromatic amines is 1. The molecule has 0 aliphatic heterocycles. The maximum Gasteiger partial charge on any atom is 0.439 e. The van der Waals surface area contributed by atoms with E-state index in [0.29, 0.717) is 16.7 Å². The molecule has 0 spiro atoms. The first-order valence-electron chi connectivity index (χ1n) is 6.93. The number of benzene rings is 1. The molecular formula is C15H9F2N5O2. The zero-order valence-electron chi connectivity index (χ0n) is 12.0. The van der Waals surface area contributed by atoms with Crippen LogP contribution in [0.2, 0.25) is 0 Å². The highest BCUT2D eigenvalue weighted by atomic mass is 19.1. The van der Waals surface area contributed by atoms with E-state index in [1.54, 1.807) is 18.3 Å². The molecule has 0 saturated heterocycles. The van der Waals surface area contributed by atoms with Gasteiger partial charge < -0.3 is 0 Å². The first kappa shape index (κ1) is 14.2. The fourth-order valence-corrected chi connectivity index (χ4v) is 2.44. The van der Waals surface area contributed by atoms with Gasteiger partial charge in [0.15, 0.2) is 5.65 Å². The highest BCUT2D eigenvalue weighted by Gasteiger charge is 2.17. The summed E-state index contributed by atoms with van der Waals surface area (Å²) in [5.74, 6) is -1.89. The summed E-state index contributed by atoms with van der Waals surface area (Å²) < 4.78 is 32.9. The van der Waals surface area contributed by atoms with Crippen LogP contribution in [0.4, 0.5) is 8.78 Å². The molecule has 4 rings (SSSR count). The van der Waals surface area contributed by atoms with E-state index in [-0.39, 0.29) is 17.9 Å². The summed E-state index contributed by atoms with van der Waals surface area (Å²) >= 11 is 0. The number of nitrogens with one attached hydrogen (secondary N) is 1. The van der Waals surface area contributed by atoms with Crippen LogP contribution in [0.3, 0.4) is 0 Å². The Balaban J connectivity index is 1.85. The number of hydrogen-bond acceptors (Lipinski definition) is 5. The van der Waals surface area contributed by atoms with Gasteiger partial charge in [-0.05, 0) is 18.2 Å². The van der Waals surface area contributed by atoms with Crippen LogP contribution in [0.5, 0.6) is 0 Å². The van der Waals surface area contributed by atoms with Crippen molar-refractivity contribution in [3.05, 3.63) is 64.3 Å². The van der Waals surface area contributed by atoms with Crippen molar-refractivity contribution in [3.8, 4) is 11.5 Å². The SMILES string of the molecule is O=c1[nH]c(-c2nn(Cc3ccc(F)cc3F)c3ncccc23)no1.